The number of likely N-dealkylation sites (N-methyl/N-ethyl adjacent to an activating group) is 1. The summed E-state index contributed by atoms with van der Waals surface area (Å²) >= 11 is 1.31. The van der Waals surface area contributed by atoms with Gasteiger partial charge in [0, 0.05) is 51.2 Å². The summed E-state index contributed by atoms with van der Waals surface area (Å²) in [5.74, 6) is 0.587. The quantitative estimate of drug-likeness (QED) is 0.608. The molecule has 0 radical (unpaired) electrons. The summed E-state index contributed by atoms with van der Waals surface area (Å²) in [6.45, 7) is 2.65. The monoisotopic (exact) mass is 425 g/mol. The van der Waals surface area contributed by atoms with E-state index in [1.807, 2.05) is 46.0 Å². The van der Waals surface area contributed by atoms with Crippen molar-refractivity contribution in [3.05, 3.63) is 71.8 Å². The van der Waals surface area contributed by atoms with Crippen molar-refractivity contribution in [1.82, 2.24) is 14.3 Å². The Balaban J connectivity index is 1.30. The maximum atomic E-state index is 14.0. The van der Waals surface area contributed by atoms with Crippen LogP contribution < -0.4 is 9.80 Å². The number of carbonyl (C=O) groups excluding carboxylic acids is 1. The largest absolute Gasteiger partial charge is 0.366 e. The first-order chi connectivity index (χ1) is 14.6. The molecule has 1 aliphatic heterocycles. The van der Waals surface area contributed by atoms with E-state index in [9.17, 15) is 9.18 Å². The number of aromatic nitrogens is 2. The summed E-state index contributed by atoms with van der Waals surface area (Å²) in [4.78, 5) is 23.0. The van der Waals surface area contributed by atoms with E-state index in [4.69, 9.17) is 0 Å². The molecule has 1 amide bonds. The van der Waals surface area contributed by atoms with Crippen LogP contribution in [0.25, 0.3) is 0 Å². The summed E-state index contributed by atoms with van der Waals surface area (Å²) in [7, 11) is 1.86. The summed E-state index contributed by atoms with van der Waals surface area (Å²) in [6.07, 6.45) is 0.678. The molecule has 0 spiro atoms. The van der Waals surface area contributed by atoms with Crippen molar-refractivity contribution in [2.45, 2.75) is 6.42 Å². The molecule has 4 rings (SSSR count). The van der Waals surface area contributed by atoms with Gasteiger partial charge in [-0.05, 0) is 17.7 Å². The van der Waals surface area contributed by atoms with Gasteiger partial charge in [0.1, 0.15) is 11.6 Å². The lowest BCUT2D eigenvalue weighted by molar-refractivity contribution is -0.129. The zero-order chi connectivity index (χ0) is 20.9. The molecular formula is C22H24FN5OS. The Morgan fingerprint density at radius 2 is 1.77 bits per heavy atom. The first-order valence-electron chi connectivity index (χ1n) is 9.95. The van der Waals surface area contributed by atoms with Crippen molar-refractivity contribution in [3.8, 4) is 0 Å². The van der Waals surface area contributed by atoms with Gasteiger partial charge < -0.3 is 14.7 Å². The van der Waals surface area contributed by atoms with Gasteiger partial charge in [0.2, 0.25) is 11.0 Å². The van der Waals surface area contributed by atoms with Crippen LogP contribution in [0.2, 0.25) is 0 Å². The first-order valence-corrected chi connectivity index (χ1v) is 10.7. The molecule has 3 aromatic rings. The molecule has 0 saturated carbocycles. The maximum Gasteiger partial charge on any atom is 0.242 e. The fourth-order valence-corrected chi connectivity index (χ4v) is 4.17. The summed E-state index contributed by atoms with van der Waals surface area (Å²) in [5.41, 5.74) is 1.76. The number of piperazine rings is 1. The molecule has 0 unspecified atom stereocenters. The van der Waals surface area contributed by atoms with Gasteiger partial charge in [-0.15, -0.1) is 0 Å². The lowest BCUT2D eigenvalue weighted by atomic mass is 10.1. The number of halogens is 1. The third kappa shape index (κ3) is 4.76. The van der Waals surface area contributed by atoms with Gasteiger partial charge in [0.25, 0.3) is 0 Å². The predicted octanol–water partition coefficient (Wildman–Crippen LogP) is 3.05. The van der Waals surface area contributed by atoms with Crippen LogP contribution in [0.4, 0.5) is 15.2 Å². The van der Waals surface area contributed by atoms with E-state index >= 15 is 0 Å². The minimum atomic E-state index is -0.223. The highest BCUT2D eigenvalue weighted by atomic mass is 32.1. The van der Waals surface area contributed by atoms with Crippen LogP contribution in [0.5, 0.6) is 0 Å². The molecule has 156 valence electrons. The lowest BCUT2D eigenvalue weighted by Gasteiger charge is -2.36. The van der Waals surface area contributed by atoms with Gasteiger partial charge in [-0.2, -0.15) is 4.37 Å². The second-order valence-electron chi connectivity index (χ2n) is 7.33. The summed E-state index contributed by atoms with van der Waals surface area (Å²) in [6, 6.07) is 16.9. The van der Waals surface area contributed by atoms with Gasteiger partial charge in [-0.1, -0.05) is 42.5 Å². The van der Waals surface area contributed by atoms with Crippen LogP contribution in [0.3, 0.4) is 0 Å². The normalized spacial score (nSPS) is 14.1. The fourth-order valence-electron chi connectivity index (χ4n) is 3.53. The fraction of sp³-hybridized carbons (Fsp3) is 0.318. The zero-order valence-corrected chi connectivity index (χ0v) is 17.7. The Morgan fingerprint density at radius 3 is 2.50 bits per heavy atom. The first kappa shape index (κ1) is 20.3. The molecule has 2 aromatic carbocycles. The van der Waals surface area contributed by atoms with E-state index in [1.165, 1.54) is 17.6 Å². The van der Waals surface area contributed by atoms with E-state index in [0.29, 0.717) is 38.3 Å². The number of hydrogen-bond acceptors (Lipinski definition) is 6. The van der Waals surface area contributed by atoms with Crippen LogP contribution in [0, 0.1) is 5.82 Å². The van der Waals surface area contributed by atoms with E-state index in [-0.39, 0.29) is 18.3 Å². The topological polar surface area (TPSA) is 52.6 Å². The maximum absolute atomic E-state index is 14.0. The second kappa shape index (κ2) is 9.21. The van der Waals surface area contributed by atoms with E-state index < -0.39 is 0 Å². The van der Waals surface area contributed by atoms with Gasteiger partial charge in [0.15, 0.2) is 0 Å². The standard InChI is InChI=1S/C22H24FN5OS/c1-26(22-24-20(25-30-22)15-17-7-3-2-4-8-17)16-21(29)28-13-11-27(12-14-28)19-10-6-5-9-18(19)23/h2-10H,11-16H2,1H3. The molecule has 0 atom stereocenters. The molecule has 1 fully saturated rings. The number of hydrogen-bond donors (Lipinski definition) is 0. The molecule has 2 heterocycles. The molecule has 1 aromatic heterocycles. The molecule has 1 aliphatic rings. The number of para-hydroxylation sites is 1. The van der Waals surface area contributed by atoms with Gasteiger partial charge >= 0.3 is 0 Å². The predicted molar refractivity (Wildman–Crippen MR) is 118 cm³/mol. The third-order valence-corrected chi connectivity index (χ3v) is 6.06. The second-order valence-corrected chi connectivity index (χ2v) is 8.06. The van der Waals surface area contributed by atoms with Crippen molar-refractivity contribution in [1.29, 1.82) is 0 Å². The molecule has 0 bridgehead atoms. The smallest absolute Gasteiger partial charge is 0.242 e. The Hall–Kier alpha value is -3.00. The Morgan fingerprint density at radius 1 is 1.07 bits per heavy atom. The summed E-state index contributed by atoms with van der Waals surface area (Å²) in [5, 5.41) is 0.735. The third-order valence-electron chi connectivity index (χ3n) is 5.19. The van der Waals surface area contributed by atoms with Gasteiger partial charge in [-0.25, -0.2) is 9.37 Å². The molecule has 1 saturated heterocycles. The van der Waals surface area contributed by atoms with Crippen molar-refractivity contribution in [3.63, 3.8) is 0 Å². The highest BCUT2D eigenvalue weighted by Crippen LogP contribution is 2.21. The van der Waals surface area contributed by atoms with Crippen molar-refractivity contribution in [2.75, 3.05) is 49.6 Å². The molecule has 0 aliphatic carbocycles. The zero-order valence-electron chi connectivity index (χ0n) is 16.9. The van der Waals surface area contributed by atoms with E-state index in [0.717, 1.165) is 16.5 Å². The average molecular weight is 426 g/mol. The Kier molecular flexibility index (Phi) is 6.23. The molecule has 30 heavy (non-hydrogen) atoms. The van der Waals surface area contributed by atoms with Crippen molar-refractivity contribution in [2.24, 2.45) is 0 Å². The van der Waals surface area contributed by atoms with Crippen LogP contribution in [-0.2, 0) is 11.2 Å². The number of rotatable bonds is 6. The number of benzene rings is 2. The Bertz CT molecular complexity index is 988. The SMILES string of the molecule is CN(CC(=O)N1CCN(c2ccccc2F)CC1)c1nc(Cc2ccccc2)ns1. The number of amides is 1. The molecular weight excluding hydrogens is 401 g/mol. The van der Waals surface area contributed by atoms with Crippen LogP contribution in [-0.4, -0.2) is 59.9 Å². The van der Waals surface area contributed by atoms with Gasteiger partial charge in [-0.3, -0.25) is 4.79 Å². The summed E-state index contributed by atoms with van der Waals surface area (Å²) < 4.78 is 18.4. The van der Waals surface area contributed by atoms with Crippen molar-refractivity contribution >= 4 is 28.3 Å². The number of anilines is 2. The minimum absolute atomic E-state index is 0.0468. The number of nitrogens with zero attached hydrogens (tertiary/aromatic N) is 5. The lowest BCUT2D eigenvalue weighted by Crippen LogP contribution is -2.51. The minimum Gasteiger partial charge on any atom is -0.366 e. The Labute approximate surface area is 179 Å². The highest BCUT2D eigenvalue weighted by Gasteiger charge is 2.24. The van der Waals surface area contributed by atoms with Crippen LogP contribution in [0.1, 0.15) is 11.4 Å². The van der Waals surface area contributed by atoms with E-state index in [1.54, 1.807) is 12.1 Å². The molecule has 8 heteroatoms. The van der Waals surface area contributed by atoms with Crippen LogP contribution in [0.15, 0.2) is 54.6 Å². The molecule has 0 N–H and O–H groups in total. The van der Waals surface area contributed by atoms with Crippen LogP contribution >= 0.6 is 11.5 Å². The average Bonchev–Trinajstić information content (AvgIpc) is 3.23. The molecule has 6 nitrogen and oxygen atoms in total. The van der Waals surface area contributed by atoms with Crippen molar-refractivity contribution < 1.29 is 9.18 Å². The highest BCUT2D eigenvalue weighted by molar-refractivity contribution is 7.09. The van der Waals surface area contributed by atoms with Gasteiger partial charge in [0.05, 0.1) is 12.2 Å². The van der Waals surface area contributed by atoms with E-state index in [2.05, 4.69) is 21.5 Å². The number of carbonyl (C=O) groups is 1.